The first kappa shape index (κ1) is 12.0. The highest BCUT2D eigenvalue weighted by Gasteiger charge is 2.18. The Bertz CT molecular complexity index is 423. The predicted octanol–water partition coefficient (Wildman–Crippen LogP) is 2.19. The molecule has 1 aromatic rings. The van der Waals surface area contributed by atoms with Gasteiger partial charge in [0.1, 0.15) is 11.6 Å². The summed E-state index contributed by atoms with van der Waals surface area (Å²) in [4.78, 5) is 13.1. The minimum Gasteiger partial charge on any atom is -0.348 e. The maximum absolute atomic E-state index is 12.7. The lowest BCUT2D eigenvalue weighted by Crippen LogP contribution is -2.40. The van der Waals surface area contributed by atoms with E-state index < -0.39 is 0 Å². The Morgan fingerprint density at radius 2 is 1.82 bits per heavy atom. The highest BCUT2D eigenvalue weighted by atomic mass is 32.1. The van der Waals surface area contributed by atoms with Gasteiger partial charge in [-0.15, -0.1) is 0 Å². The standard InChI is InChI=1S/C12H13FN2OS/c13-9-1-3-10(4-2-9)14-12(17)15-7-5-11(16)6-8-15/h1-4H,5-8H2,(H,14,17). The molecule has 0 radical (unpaired) electrons. The third-order valence-corrected chi connectivity index (χ3v) is 3.06. The van der Waals surface area contributed by atoms with E-state index in [0.717, 1.165) is 5.69 Å². The van der Waals surface area contributed by atoms with E-state index in [-0.39, 0.29) is 11.6 Å². The van der Waals surface area contributed by atoms with Crippen molar-refractivity contribution < 1.29 is 9.18 Å². The molecule has 0 spiro atoms. The van der Waals surface area contributed by atoms with Gasteiger partial charge in [-0.1, -0.05) is 0 Å². The monoisotopic (exact) mass is 252 g/mol. The molecule has 3 nitrogen and oxygen atoms in total. The van der Waals surface area contributed by atoms with E-state index in [2.05, 4.69) is 5.32 Å². The zero-order valence-corrected chi connectivity index (χ0v) is 10.1. The Hall–Kier alpha value is -1.49. The summed E-state index contributed by atoms with van der Waals surface area (Å²) in [6.45, 7) is 1.32. The van der Waals surface area contributed by atoms with Crippen molar-refractivity contribution in [3.63, 3.8) is 0 Å². The number of halogens is 1. The number of Topliss-reactive ketones (excluding diaryl/α,β-unsaturated/α-hetero) is 1. The van der Waals surface area contributed by atoms with Gasteiger partial charge in [0, 0.05) is 31.6 Å². The molecule has 0 bridgehead atoms. The van der Waals surface area contributed by atoms with Gasteiger partial charge in [0.15, 0.2) is 5.11 Å². The fourth-order valence-electron chi connectivity index (χ4n) is 1.69. The summed E-state index contributed by atoms with van der Waals surface area (Å²) in [7, 11) is 0. The van der Waals surface area contributed by atoms with Gasteiger partial charge in [-0.3, -0.25) is 4.79 Å². The van der Waals surface area contributed by atoms with Crippen LogP contribution in [0.25, 0.3) is 0 Å². The van der Waals surface area contributed by atoms with Crippen LogP contribution in [0.4, 0.5) is 10.1 Å². The highest BCUT2D eigenvalue weighted by Crippen LogP contribution is 2.12. The van der Waals surface area contributed by atoms with Gasteiger partial charge in [-0.2, -0.15) is 0 Å². The van der Waals surface area contributed by atoms with Gasteiger partial charge in [-0.05, 0) is 36.5 Å². The average Bonchev–Trinajstić information content (AvgIpc) is 2.33. The van der Waals surface area contributed by atoms with Crippen LogP contribution in [0.5, 0.6) is 0 Å². The number of anilines is 1. The van der Waals surface area contributed by atoms with Crippen molar-refractivity contribution >= 4 is 28.8 Å². The van der Waals surface area contributed by atoms with E-state index in [9.17, 15) is 9.18 Å². The van der Waals surface area contributed by atoms with Crippen molar-refractivity contribution in [3.05, 3.63) is 30.1 Å². The summed E-state index contributed by atoms with van der Waals surface area (Å²) in [5.41, 5.74) is 0.758. The second-order valence-electron chi connectivity index (χ2n) is 3.96. The van der Waals surface area contributed by atoms with Crippen molar-refractivity contribution in [2.45, 2.75) is 12.8 Å². The van der Waals surface area contributed by atoms with E-state index in [1.165, 1.54) is 12.1 Å². The summed E-state index contributed by atoms with van der Waals surface area (Å²) in [5, 5.41) is 3.62. The first-order valence-corrected chi connectivity index (χ1v) is 5.89. The number of nitrogens with one attached hydrogen (secondary N) is 1. The Labute approximate surface area is 105 Å². The van der Waals surface area contributed by atoms with Crippen molar-refractivity contribution in [2.75, 3.05) is 18.4 Å². The van der Waals surface area contributed by atoms with Gasteiger partial charge < -0.3 is 10.2 Å². The van der Waals surface area contributed by atoms with Crippen LogP contribution < -0.4 is 5.32 Å². The van der Waals surface area contributed by atoms with Crippen LogP contribution in [-0.4, -0.2) is 28.9 Å². The third kappa shape index (κ3) is 3.23. The molecule has 1 aliphatic heterocycles. The summed E-state index contributed by atoms with van der Waals surface area (Å²) < 4.78 is 12.7. The summed E-state index contributed by atoms with van der Waals surface area (Å²) >= 11 is 5.24. The van der Waals surface area contributed by atoms with Crippen LogP contribution in [0, 0.1) is 5.82 Å². The molecule has 0 aliphatic carbocycles. The lowest BCUT2D eigenvalue weighted by molar-refractivity contribution is -0.120. The normalized spacial score (nSPS) is 15.8. The van der Waals surface area contributed by atoms with Gasteiger partial charge >= 0.3 is 0 Å². The molecule has 90 valence electrons. The quantitative estimate of drug-likeness (QED) is 0.777. The van der Waals surface area contributed by atoms with Gasteiger partial charge in [0.25, 0.3) is 0 Å². The molecule has 17 heavy (non-hydrogen) atoms. The molecule has 1 saturated heterocycles. The highest BCUT2D eigenvalue weighted by molar-refractivity contribution is 7.80. The van der Waals surface area contributed by atoms with Crippen LogP contribution in [-0.2, 0) is 4.79 Å². The summed E-state index contributed by atoms with van der Waals surface area (Å²) in [5.74, 6) is 0.0101. The number of carbonyl (C=O) groups is 1. The maximum atomic E-state index is 12.7. The van der Waals surface area contributed by atoms with Crippen LogP contribution in [0.1, 0.15) is 12.8 Å². The number of carbonyl (C=O) groups excluding carboxylic acids is 1. The first-order valence-electron chi connectivity index (χ1n) is 5.48. The molecule has 1 aromatic carbocycles. The lowest BCUT2D eigenvalue weighted by Gasteiger charge is -2.28. The average molecular weight is 252 g/mol. The van der Waals surface area contributed by atoms with Gasteiger partial charge in [0.2, 0.25) is 0 Å². The van der Waals surface area contributed by atoms with Crippen LogP contribution >= 0.6 is 12.2 Å². The molecule has 0 saturated carbocycles. The first-order chi connectivity index (χ1) is 8.15. The third-order valence-electron chi connectivity index (χ3n) is 2.70. The minimum atomic E-state index is -0.273. The number of piperidine rings is 1. The molecule has 1 fully saturated rings. The molecule has 1 heterocycles. The predicted molar refractivity (Wildman–Crippen MR) is 68.4 cm³/mol. The molecule has 1 aliphatic rings. The van der Waals surface area contributed by atoms with E-state index in [1.807, 2.05) is 4.90 Å². The molecule has 0 amide bonds. The fourth-order valence-corrected chi connectivity index (χ4v) is 2.00. The molecular weight excluding hydrogens is 239 g/mol. The largest absolute Gasteiger partial charge is 0.348 e. The number of hydrogen-bond donors (Lipinski definition) is 1. The smallest absolute Gasteiger partial charge is 0.173 e. The molecule has 5 heteroatoms. The second-order valence-corrected chi connectivity index (χ2v) is 4.35. The number of hydrogen-bond acceptors (Lipinski definition) is 2. The fraction of sp³-hybridized carbons (Fsp3) is 0.333. The minimum absolute atomic E-state index is 0.273. The lowest BCUT2D eigenvalue weighted by atomic mass is 10.1. The topological polar surface area (TPSA) is 32.3 Å². The van der Waals surface area contributed by atoms with Crippen LogP contribution in [0.3, 0.4) is 0 Å². The number of thiocarbonyl (C=S) groups is 1. The molecule has 2 rings (SSSR count). The van der Waals surface area contributed by atoms with Crippen molar-refractivity contribution in [3.8, 4) is 0 Å². The van der Waals surface area contributed by atoms with Gasteiger partial charge in [-0.25, -0.2) is 4.39 Å². The van der Waals surface area contributed by atoms with Crippen molar-refractivity contribution in [1.29, 1.82) is 0 Å². The number of ketones is 1. The van der Waals surface area contributed by atoms with Crippen molar-refractivity contribution in [2.24, 2.45) is 0 Å². The number of nitrogens with zero attached hydrogens (tertiary/aromatic N) is 1. The second kappa shape index (κ2) is 5.23. The Morgan fingerprint density at radius 3 is 2.41 bits per heavy atom. The zero-order valence-electron chi connectivity index (χ0n) is 9.28. The van der Waals surface area contributed by atoms with Crippen LogP contribution in [0.2, 0.25) is 0 Å². The zero-order chi connectivity index (χ0) is 12.3. The van der Waals surface area contributed by atoms with Gasteiger partial charge in [0.05, 0.1) is 0 Å². The Kier molecular flexibility index (Phi) is 3.68. The van der Waals surface area contributed by atoms with E-state index in [4.69, 9.17) is 12.2 Å². The molecule has 0 unspecified atom stereocenters. The van der Waals surface area contributed by atoms with E-state index >= 15 is 0 Å². The van der Waals surface area contributed by atoms with E-state index in [0.29, 0.717) is 31.0 Å². The Balaban J connectivity index is 1.92. The molecule has 0 aromatic heterocycles. The molecule has 1 N–H and O–H groups in total. The summed E-state index contributed by atoms with van der Waals surface area (Å²) in [6, 6.07) is 6.03. The molecule has 0 atom stereocenters. The number of benzene rings is 1. The van der Waals surface area contributed by atoms with Crippen LogP contribution in [0.15, 0.2) is 24.3 Å². The number of likely N-dealkylation sites (tertiary alicyclic amines) is 1. The maximum Gasteiger partial charge on any atom is 0.173 e. The van der Waals surface area contributed by atoms with Crippen molar-refractivity contribution in [1.82, 2.24) is 4.90 Å². The SMILES string of the molecule is O=C1CCN(C(=S)Nc2ccc(F)cc2)CC1. The Morgan fingerprint density at radius 1 is 1.24 bits per heavy atom. The molecular formula is C12H13FN2OS. The van der Waals surface area contributed by atoms with E-state index in [1.54, 1.807) is 12.1 Å². The number of rotatable bonds is 1. The summed E-state index contributed by atoms with van der Waals surface area (Å²) in [6.07, 6.45) is 1.09.